The summed E-state index contributed by atoms with van der Waals surface area (Å²) in [6.07, 6.45) is 4.03. The minimum Gasteiger partial charge on any atom is -0.441 e. The summed E-state index contributed by atoms with van der Waals surface area (Å²) in [5.74, 6) is 1.31. The molecule has 0 saturated carbocycles. The third kappa shape index (κ3) is 2.44. The zero-order chi connectivity index (χ0) is 18.5. The fourth-order valence-corrected chi connectivity index (χ4v) is 3.96. The summed E-state index contributed by atoms with van der Waals surface area (Å²) in [4.78, 5) is 21.2. The number of nitrogens with zero attached hydrogens (tertiary/aromatic N) is 3. The average molecular weight is 360 g/mol. The number of benzene rings is 1. The zero-order valence-corrected chi connectivity index (χ0v) is 15.4. The summed E-state index contributed by atoms with van der Waals surface area (Å²) in [7, 11) is 0. The second kappa shape index (κ2) is 5.94. The molecule has 1 aromatic carbocycles. The van der Waals surface area contributed by atoms with Crippen molar-refractivity contribution in [2.75, 3.05) is 0 Å². The van der Waals surface area contributed by atoms with E-state index in [0.29, 0.717) is 17.1 Å². The Morgan fingerprint density at radius 1 is 1.07 bits per heavy atom. The van der Waals surface area contributed by atoms with Gasteiger partial charge >= 0.3 is 0 Å². The van der Waals surface area contributed by atoms with Crippen LogP contribution in [0.5, 0.6) is 0 Å². The molecule has 0 aliphatic heterocycles. The highest BCUT2D eigenvalue weighted by atomic mass is 16.4. The van der Waals surface area contributed by atoms with Gasteiger partial charge < -0.3 is 9.40 Å². The summed E-state index contributed by atoms with van der Waals surface area (Å²) in [5, 5.41) is 4.50. The number of nitrogens with one attached hydrogen (secondary N) is 1. The second-order valence-electron chi connectivity index (χ2n) is 7.11. The minimum atomic E-state index is -0.204. The molecule has 0 saturated heterocycles. The number of hydrogen-bond donors (Lipinski definition) is 1. The number of rotatable bonds is 2. The van der Waals surface area contributed by atoms with Gasteiger partial charge in [0.05, 0.1) is 11.4 Å². The van der Waals surface area contributed by atoms with Gasteiger partial charge in [0.2, 0.25) is 5.89 Å². The first-order chi connectivity index (χ1) is 13.1. The maximum atomic E-state index is 13.2. The van der Waals surface area contributed by atoms with E-state index in [2.05, 4.69) is 15.1 Å². The molecule has 4 aromatic rings. The third-order valence-electron chi connectivity index (χ3n) is 5.27. The van der Waals surface area contributed by atoms with Crippen molar-refractivity contribution in [1.82, 2.24) is 19.6 Å². The molecule has 3 aromatic heterocycles. The van der Waals surface area contributed by atoms with Crippen molar-refractivity contribution in [2.24, 2.45) is 0 Å². The summed E-state index contributed by atoms with van der Waals surface area (Å²) in [5.41, 5.74) is 5.44. The molecule has 1 aliphatic rings. The van der Waals surface area contributed by atoms with E-state index in [1.807, 2.05) is 44.2 Å². The number of aromatic amines is 1. The first-order valence-electron chi connectivity index (χ1n) is 9.30. The predicted molar refractivity (Wildman–Crippen MR) is 103 cm³/mol. The highest BCUT2D eigenvalue weighted by Gasteiger charge is 2.24. The van der Waals surface area contributed by atoms with E-state index in [0.717, 1.165) is 59.7 Å². The lowest BCUT2D eigenvalue weighted by atomic mass is 10.0. The van der Waals surface area contributed by atoms with Gasteiger partial charge in [-0.1, -0.05) is 30.3 Å². The monoisotopic (exact) mass is 360 g/mol. The van der Waals surface area contributed by atoms with Crippen molar-refractivity contribution >= 4 is 5.65 Å². The molecule has 0 amide bonds. The molecule has 6 heteroatoms. The third-order valence-corrected chi connectivity index (χ3v) is 5.27. The Balaban J connectivity index is 1.75. The summed E-state index contributed by atoms with van der Waals surface area (Å²) >= 11 is 0. The van der Waals surface area contributed by atoms with Crippen LogP contribution in [0, 0.1) is 13.8 Å². The maximum absolute atomic E-state index is 13.2. The Labute approximate surface area is 155 Å². The van der Waals surface area contributed by atoms with Gasteiger partial charge in [0.1, 0.15) is 17.0 Å². The molecule has 0 bridgehead atoms. The lowest BCUT2D eigenvalue weighted by Crippen LogP contribution is -2.19. The van der Waals surface area contributed by atoms with Crippen molar-refractivity contribution in [2.45, 2.75) is 39.5 Å². The normalized spacial score (nSPS) is 13.9. The molecule has 1 N–H and O–H groups in total. The molecular formula is C21H20N4O2. The van der Waals surface area contributed by atoms with E-state index in [1.165, 1.54) is 4.52 Å². The Bertz CT molecular complexity index is 1190. The SMILES string of the molecule is Cc1nn2c(=O)c(-c3nc4c(o3)CCCC4)c(C)[nH]c2c1-c1ccccc1. The number of aromatic nitrogens is 4. The van der Waals surface area contributed by atoms with Gasteiger partial charge in [0, 0.05) is 17.7 Å². The van der Waals surface area contributed by atoms with Crippen LogP contribution in [0.3, 0.4) is 0 Å². The van der Waals surface area contributed by atoms with Crippen LogP contribution in [-0.2, 0) is 12.8 Å². The van der Waals surface area contributed by atoms with Crippen LogP contribution in [0.15, 0.2) is 39.5 Å². The molecule has 6 nitrogen and oxygen atoms in total. The molecule has 0 unspecified atom stereocenters. The lowest BCUT2D eigenvalue weighted by molar-refractivity contribution is 0.486. The van der Waals surface area contributed by atoms with Crippen LogP contribution in [0.25, 0.3) is 28.2 Å². The number of oxazole rings is 1. The number of fused-ring (bicyclic) bond motifs is 2. The number of H-pyrrole nitrogens is 1. The van der Waals surface area contributed by atoms with E-state index in [4.69, 9.17) is 4.42 Å². The van der Waals surface area contributed by atoms with Crippen LogP contribution < -0.4 is 5.56 Å². The second-order valence-corrected chi connectivity index (χ2v) is 7.11. The van der Waals surface area contributed by atoms with Gasteiger partial charge in [-0.3, -0.25) is 4.79 Å². The molecular weight excluding hydrogens is 340 g/mol. The van der Waals surface area contributed by atoms with Crippen molar-refractivity contribution in [3.05, 3.63) is 63.5 Å². The van der Waals surface area contributed by atoms with Gasteiger partial charge in [0.25, 0.3) is 5.56 Å². The molecule has 0 atom stereocenters. The summed E-state index contributed by atoms with van der Waals surface area (Å²) in [6.45, 7) is 3.80. The average Bonchev–Trinajstić information content (AvgIpc) is 3.23. The smallest absolute Gasteiger partial charge is 0.287 e. The van der Waals surface area contributed by atoms with Gasteiger partial charge in [-0.05, 0) is 38.7 Å². The first kappa shape index (κ1) is 16.1. The van der Waals surface area contributed by atoms with Gasteiger partial charge in [0.15, 0.2) is 0 Å². The zero-order valence-electron chi connectivity index (χ0n) is 15.4. The molecule has 136 valence electrons. The van der Waals surface area contributed by atoms with Gasteiger partial charge in [-0.25, -0.2) is 4.98 Å². The Hall–Kier alpha value is -3.15. The highest BCUT2D eigenvalue weighted by Crippen LogP contribution is 2.30. The maximum Gasteiger partial charge on any atom is 0.287 e. The van der Waals surface area contributed by atoms with Crippen LogP contribution in [-0.4, -0.2) is 19.6 Å². The Morgan fingerprint density at radius 2 is 1.85 bits per heavy atom. The summed E-state index contributed by atoms with van der Waals surface area (Å²) < 4.78 is 7.39. The lowest BCUT2D eigenvalue weighted by Gasteiger charge is -2.05. The molecule has 1 aliphatic carbocycles. The molecule has 0 fully saturated rings. The van der Waals surface area contributed by atoms with E-state index < -0.39 is 0 Å². The van der Waals surface area contributed by atoms with Crippen LogP contribution in [0.1, 0.15) is 35.7 Å². The van der Waals surface area contributed by atoms with Crippen LogP contribution in [0.2, 0.25) is 0 Å². The van der Waals surface area contributed by atoms with Gasteiger partial charge in [-0.15, -0.1) is 0 Å². The number of aryl methyl sites for hydroxylation is 4. The summed E-state index contributed by atoms with van der Waals surface area (Å²) in [6, 6.07) is 9.98. The Morgan fingerprint density at radius 3 is 2.63 bits per heavy atom. The molecule has 27 heavy (non-hydrogen) atoms. The highest BCUT2D eigenvalue weighted by molar-refractivity contribution is 5.80. The topological polar surface area (TPSA) is 76.2 Å². The van der Waals surface area contributed by atoms with Crippen LogP contribution >= 0.6 is 0 Å². The molecule has 0 spiro atoms. The molecule has 5 rings (SSSR count). The van der Waals surface area contributed by atoms with E-state index >= 15 is 0 Å². The van der Waals surface area contributed by atoms with E-state index in [9.17, 15) is 4.79 Å². The predicted octanol–water partition coefficient (Wildman–Crippen LogP) is 3.84. The van der Waals surface area contributed by atoms with E-state index in [1.54, 1.807) is 0 Å². The van der Waals surface area contributed by atoms with Crippen molar-refractivity contribution in [3.63, 3.8) is 0 Å². The Kier molecular flexibility index (Phi) is 3.53. The van der Waals surface area contributed by atoms with E-state index in [-0.39, 0.29) is 5.56 Å². The van der Waals surface area contributed by atoms with Crippen molar-refractivity contribution < 1.29 is 4.42 Å². The standard InChI is InChI=1S/C21H20N4O2/c1-12-18(20-23-15-10-6-7-11-16(15)27-20)21(26)25-19(22-12)17(13(2)24-25)14-8-4-3-5-9-14/h3-5,8-9,22H,6-7,10-11H2,1-2H3. The largest absolute Gasteiger partial charge is 0.441 e. The van der Waals surface area contributed by atoms with Crippen LogP contribution in [0.4, 0.5) is 0 Å². The fraction of sp³-hybridized carbons (Fsp3) is 0.286. The molecule has 0 radical (unpaired) electrons. The minimum absolute atomic E-state index is 0.204. The number of hydrogen-bond acceptors (Lipinski definition) is 4. The van der Waals surface area contributed by atoms with Crippen molar-refractivity contribution in [3.8, 4) is 22.6 Å². The van der Waals surface area contributed by atoms with Crippen molar-refractivity contribution in [1.29, 1.82) is 0 Å². The fourth-order valence-electron chi connectivity index (χ4n) is 3.96. The quantitative estimate of drug-likeness (QED) is 0.589. The van der Waals surface area contributed by atoms with Gasteiger partial charge in [-0.2, -0.15) is 9.61 Å². The molecule has 3 heterocycles. The first-order valence-corrected chi connectivity index (χ1v) is 9.30.